The van der Waals surface area contributed by atoms with E-state index in [-0.39, 0.29) is 0 Å². The van der Waals surface area contributed by atoms with Gasteiger partial charge in [0.2, 0.25) is 0 Å². The lowest BCUT2D eigenvalue weighted by Gasteiger charge is -2.08. The van der Waals surface area contributed by atoms with Gasteiger partial charge in [-0.15, -0.1) is 0 Å². The van der Waals surface area contributed by atoms with Crippen LogP contribution < -0.4 is 0 Å². The quantitative estimate of drug-likeness (QED) is 0.758. The first kappa shape index (κ1) is 13.3. The van der Waals surface area contributed by atoms with Crippen LogP contribution in [0.25, 0.3) is 16.8 Å². The molecule has 0 aliphatic carbocycles. The van der Waals surface area contributed by atoms with Gasteiger partial charge in [0.1, 0.15) is 0 Å². The average molecular weight is 263 g/mol. The normalized spacial score (nSPS) is 11.4. The van der Waals surface area contributed by atoms with Gasteiger partial charge in [-0.1, -0.05) is 24.8 Å². The molecule has 1 aromatic carbocycles. The predicted octanol–water partition coefficient (Wildman–Crippen LogP) is 4.80. The maximum absolute atomic E-state index is 12.6. The van der Waals surface area contributed by atoms with Crippen molar-refractivity contribution in [2.75, 3.05) is 0 Å². The van der Waals surface area contributed by atoms with Crippen molar-refractivity contribution in [1.82, 2.24) is 4.98 Å². The molecule has 0 N–H and O–H groups in total. The fourth-order valence-electron chi connectivity index (χ4n) is 1.67. The van der Waals surface area contributed by atoms with Gasteiger partial charge in [0.25, 0.3) is 0 Å². The summed E-state index contributed by atoms with van der Waals surface area (Å²) < 4.78 is 37.9. The van der Waals surface area contributed by atoms with E-state index in [0.29, 0.717) is 11.3 Å². The van der Waals surface area contributed by atoms with Crippen LogP contribution in [0.5, 0.6) is 0 Å². The van der Waals surface area contributed by atoms with Crippen LogP contribution in [0.15, 0.2) is 49.2 Å². The Morgan fingerprint density at radius 2 is 1.89 bits per heavy atom. The fourth-order valence-corrected chi connectivity index (χ4v) is 1.67. The van der Waals surface area contributed by atoms with E-state index in [4.69, 9.17) is 0 Å². The minimum atomic E-state index is -4.34. The van der Waals surface area contributed by atoms with Gasteiger partial charge in [-0.05, 0) is 36.3 Å². The maximum Gasteiger partial charge on any atom is 0.416 e. The lowest BCUT2D eigenvalue weighted by atomic mass is 10.1. The molecule has 0 spiro atoms. The molecule has 0 aliphatic rings. The smallest absolute Gasteiger partial charge is 0.256 e. The summed E-state index contributed by atoms with van der Waals surface area (Å²) in [4.78, 5) is 4.17. The molecule has 4 heteroatoms. The van der Waals surface area contributed by atoms with E-state index >= 15 is 0 Å². The third-order valence-electron chi connectivity index (χ3n) is 2.74. The number of hydrogen-bond acceptors (Lipinski definition) is 1. The number of allylic oxidation sites excluding steroid dienone is 1. The van der Waals surface area contributed by atoms with Crippen LogP contribution in [0.1, 0.15) is 18.1 Å². The molecular formula is C15H12F3N. The summed E-state index contributed by atoms with van der Waals surface area (Å²) in [6, 6.07) is 8.63. The topological polar surface area (TPSA) is 12.9 Å². The summed E-state index contributed by atoms with van der Waals surface area (Å²) in [6.07, 6.45) is -2.73. The minimum absolute atomic E-state index is 0.447. The Morgan fingerprint density at radius 3 is 2.42 bits per heavy atom. The SMILES string of the molecule is C=C(C)c1ccc(-c2cccc(C(F)(F)F)c2)nc1. The van der Waals surface area contributed by atoms with E-state index in [1.54, 1.807) is 24.4 Å². The average Bonchev–Trinajstić information content (AvgIpc) is 2.38. The third kappa shape index (κ3) is 3.02. The molecule has 1 nitrogen and oxygen atoms in total. The van der Waals surface area contributed by atoms with Gasteiger partial charge in [0, 0.05) is 11.8 Å². The number of aromatic nitrogens is 1. The van der Waals surface area contributed by atoms with E-state index in [2.05, 4.69) is 11.6 Å². The summed E-state index contributed by atoms with van der Waals surface area (Å²) in [6.45, 7) is 5.63. The highest BCUT2D eigenvalue weighted by Gasteiger charge is 2.30. The van der Waals surface area contributed by atoms with E-state index in [1.807, 2.05) is 6.92 Å². The standard InChI is InChI=1S/C15H12F3N/c1-10(2)12-6-7-14(19-9-12)11-4-3-5-13(8-11)15(16,17)18/h3-9H,1H2,2H3. The Bertz CT molecular complexity index is 598. The first-order valence-corrected chi connectivity index (χ1v) is 5.67. The summed E-state index contributed by atoms with van der Waals surface area (Å²) in [5, 5.41) is 0. The van der Waals surface area contributed by atoms with E-state index < -0.39 is 11.7 Å². The Balaban J connectivity index is 2.39. The number of benzene rings is 1. The molecule has 0 atom stereocenters. The first-order valence-electron chi connectivity index (χ1n) is 5.67. The summed E-state index contributed by atoms with van der Waals surface area (Å²) >= 11 is 0. The number of nitrogens with zero attached hydrogens (tertiary/aromatic N) is 1. The molecule has 0 unspecified atom stereocenters. The van der Waals surface area contributed by atoms with Crippen molar-refractivity contribution in [1.29, 1.82) is 0 Å². The molecule has 0 saturated carbocycles. The second-order valence-corrected chi connectivity index (χ2v) is 4.29. The second-order valence-electron chi connectivity index (χ2n) is 4.29. The van der Waals surface area contributed by atoms with Crippen LogP contribution >= 0.6 is 0 Å². The zero-order valence-electron chi connectivity index (χ0n) is 10.3. The van der Waals surface area contributed by atoms with Crippen molar-refractivity contribution in [3.63, 3.8) is 0 Å². The molecule has 2 aromatic rings. The van der Waals surface area contributed by atoms with Crippen LogP contribution in [0, 0.1) is 0 Å². The Kier molecular flexibility index (Phi) is 3.42. The van der Waals surface area contributed by atoms with Gasteiger partial charge in [-0.25, -0.2) is 0 Å². The zero-order chi connectivity index (χ0) is 14.0. The zero-order valence-corrected chi connectivity index (χ0v) is 10.3. The lowest BCUT2D eigenvalue weighted by Crippen LogP contribution is -2.04. The van der Waals surface area contributed by atoms with Crippen molar-refractivity contribution in [2.24, 2.45) is 0 Å². The van der Waals surface area contributed by atoms with E-state index in [1.165, 1.54) is 6.07 Å². The number of alkyl halides is 3. The molecule has 98 valence electrons. The third-order valence-corrected chi connectivity index (χ3v) is 2.74. The largest absolute Gasteiger partial charge is 0.416 e. The highest BCUT2D eigenvalue weighted by molar-refractivity contribution is 5.65. The molecular weight excluding hydrogens is 251 g/mol. The molecule has 0 bridgehead atoms. The molecule has 2 rings (SSSR count). The van der Waals surface area contributed by atoms with Crippen LogP contribution in [-0.4, -0.2) is 4.98 Å². The molecule has 0 fully saturated rings. The Hall–Kier alpha value is -2.10. The fraction of sp³-hybridized carbons (Fsp3) is 0.133. The van der Waals surface area contributed by atoms with Gasteiger partial charge in [0.05, 0.1) is 11.3 Å². The summed E-state index contributed by atoms with van der Waals surface area (Å²) in [5.41, 5.74) is 2.02. The second kappa shape index (κ2) is 4.88. The molecule has 1 aromatic heterocycles. The summed E-state index contributed by atoms with van der Waals surface area (Å²) in [7, 11) is 0. The van der Waals surface area contributed by atoms with Crippen molar-refractivity contribution >= 4 is 5.57 Å². The van der Waals surface area contributed by atoms with Crippen molar-refractivity contribution in [2.45, 2.75) is 13.1 Å². The van der Waals surface area contributed by atoms with Crippen molar-refractivity contribution < 1.29 is 13.2 Å². The summed E-state index contributed by atoms with van der Waals surface area (Å²) in [5.74, 6) is 0. The van der Waals surface area contributed by atoms with Crippen LogP contribution in [0.2, 0.25) is 0 Å². The number of hydrogen-bond donors (Lipinski definition) is 0. The first-order chi connectivity index (χ1) is 8.88. The van der Waals surface area contributed by atoms with E-state index in [0.717, 1.165) is 23.3 Å². The van der Waals surface area contributed by atoms with Gasteiger partial charge < -0.3 is 0 Å². The van der Waals surface area contributed by atoms with Crippen molar-refractivity contribution in [3.8, 4) is 11.3 Å². The van der Waals surface area contributed by atoms with Gasteiger partial charge in [-0.2, -0.15) is 13.2 Å². The Labute approximate surface area is 109 Å². The molecule has 0 saturated heterocycles. The molecule has 1 heterocycles. The minimum Gasteiger partial charge on any atom is -0.256 e. The van der Waals surface area contributed by atoms with Crippen LogP contribution in [0.3, 0.4) is 0 Å². The highest BCUT2D eigenvalue weighted by Crippen LogP contribution is 2.31. The highest BCUT2D eigenvalue weighted by atomic mass is 19.4. The number of halogens is 3. The van der Waals surface area contributed by atoms with Crippen LogP contribution in [0.4, 0.5) is 13.2 Å². The lowest BCUT2D eigenvalue weighted by molar-refractivity contribution is -0.137. The molecule has 0 radical (unpaired) electrons. The maximum atomic E-state index is 12.6. The van der Waals surface area contributed by atoms with Gasteiger partial charge in [-0.3, -0.25) is 4.98 Å². The van der Waals surface area contributed by atoms with Crippen LogP contribution in [-0.2, 0) is 6.18 Å². The Morgan fingerprint density at radius 1 is 1.16 bits per heavy atom. The molecule has 19 heavy (non-hydrogen) atoms. The molecule has 0 aliphatic heterocycles. The number of rotatable bonds is 2. The van der Waals surface area contributed by atoms with Gasteiger partial charge >= 0.3 is 6.18 Å². The molecule has 0 amide bonds. The monoisotopic (exact) mass is 263 g/mol. The van der Waals surface area contributed by atoms with Crippen molar-refractivity contribution in [3.05, 3.63) is 60.3 Å². The predicted molar refractivity (Wildman–Crippen MR) is 69.4 cm³/mol. The van der Waals surface area contributed by atoms with E-state index in [9.17, 15) is 13.2 Å². The number of pyridine rings is 1. The van der Waals surface area contributed by atoms with Gasteiger partial charge in [0.15, 0.2) is 0 Å².